The van der Waals surface area contributed by atoms with Gasteiger partial charge in [-0.1, -0.05) is 71.6 Å². The minimum Gasteiger partial charge on any atom is -0.354 e. The minimum absolute atomic E-state index is 0.0111. The van der Waals surface area contributed by atoms with Gasteiger partial charge in [-0.15, -0.1) is 0 Å². The Balaban J connectivity index is 2.08. The molecule has 0 saturated heterocycles. The summed E-state index contributed by atoms with van der Waals surface area (Å²) in [6, 6.07) is 15.1. The molecule has 0 saturated carbocycles. The summed E-state index contributed by atoms with van der Waals surface area (Å²) >= 11 is 19.2. The Hall–Kier alpha value is -2.78. The van der Waals surface area contributed by atoms with Crippen LogP contribution >= 0.6 is 34.8 Å². The number of sulfonamides is 1. The molecule has 0 aliphatic rings. The van der Waals surface area contributed by atoms with Crippen molar-refractivity contribution in [2.45, 2.75) is 51.6 Å². The Kier molecular flexibility index (Phi) is 10.9. The van der Waals surface area contributed by atoms with E-state index in [1.165, 1.54) is 23.1 Å². The average molecular weight is 625 g/mol. The Morgan fingerprint density at radius 3 is 2.12 bits per heavy atom. The van der Waals surface area contributed by atoms with Gasteiger partial charge in [-0.25, -0.2) is 8.42 Å². The lowest BCUT2D eigenvalue weighted by atomic mass is 10.1. The van der Waals surface area contributed by atoms with E-state index in [9.17, 15) is 18.0 Å². The van der Waals surface area contributed by atoms with E-state index in [0.29, 0.717) is 33.6 Å². The molecule has 3 rings (SSSR count). The van der Waals surface area contributed by atoms with Gasteiger partial charge in [0.25, 0.3) is 10.0 Å². The van der Waals surface area contributed by atoms with Gasteiger partial charge >= 0.3 is 0 Å². The molecule has 3 aromatic carbocycles. The van der Waals surface area contributed by atoms with E-state index in [1.54, 1.807) is 56.3 Å². The second-order valence-corrected chi connectivity index (χ2v) is 12.5. The highest BCUT2D eigenvalue weighted by Crippen LogP contribution is 2.30. The number of carbonyl (C=O) groups is 2. The number of amides is 2. The lowest BCUT2D eigenvalue weighted by Crippen LogP contribution is -2.51. The van der Waals surface area contributed by atoms with Gasteiger partial charge in [-0.05, 0) is 69.2 Å². The number of aryl methyl sites for hydroxylation is 2. The summed E-state index contributed by atoms with van der Waals surface area (Å²) in [5.74, 6) is -1.01. The molecular formula is C29H32Cl3N3O4S. The SMILES string of the molecule is CCCNC(=O)C(C)N(Cc1c(Cl)cccc1Cl)C(=O)CN(c1ccc(C)c(Cl)c1)S(=O)(=O)c1ccc(C)cc1. The third-order valence-corrected chi connectivity index (χ3v) is 9.34. The molecule has 1 unspecified atom stereocenters. The van der Waals surface area contributed by atoms with Crippen molar-refractivity contribution < 1.29 is 18.0 Å². The Labute approximate surface area is 251 Å². The zero-order chi connectivity index (χ0) is 29.6. The third kappa shape index (κ3) is 7.49. The van der Waals surface area contributed by atoms with Crippen LogP contribution in [0.5, 0.6) is 0 Å². The predicted molar refractivity (Wildman–Crippen MR) is 162 cm³/mol. The number of hydrogen-bond donors (Lipinski definition) is 1. The van der Waals surface area contributed by atoms with E-state index >= 15 is 0 Å². The van der Waals surface area contributed by atoms with Crippen LogP contribution in [0.25, 0.3) is 0 Å². The minimum atomic E-state index is -4.20. The van der Waals surface area contributed by atoms with Crippen LogP contribution in [-0.4, -0.2) is 44.3 Å². The molecular weight excluding hydrogens is 593 g/mol. The summed E-state index contributed by atoms with van der Waals surface area (Å²) in [5.41, 5.74) is 2.29. The molecule has 7 nitrogen and oxygen atoms in total. The maximum Gasteiger partial charge on any atom is 0.264 e. The van der Waals surface area contributed by atoms with Crippen molar-refractivity contribution in [3.8, 4) is 0 Å². The Morgan fingerprint density at radius 2 is 1.55 bits per heavy atom. The fourth-order valence-corrected chi connectivity index (χ4v) is 6.03. The molecule has 0 aliphatic carbocycles. The van der Waals surface area contributed by atoms with Crippen LogP contribution in [0, 0.1) is 13.8 Å². The van der Waals surface area contributed by atoms with Crippen LogP contribution in [0.2, 0.25) is 15.1 Å². The molecule has 1 N–H and O–H groups in total. The third-order valence-electron chi connectivity index (χ3n) is 6.44. The van der Waals surface area contributed by atoms with E-state index in [1.807, 2.05) is 13.8 Å². The monoisotopic (exact) mass is 623 g/mol. The number of benzene rings is 3. The van der Waals surface area contributed by atoms with Gasteiger partial charge in [0.05, 0.1) is 10.6 Å². The fraction of sp³-hybridized carbons (Fsp3) is 0.310. The molecule has 0 fully saturated rings. The first-order valence-corrected chi connectivity index (χ1v) is 15.3. The normalized spacial score (nSPS) is 12.1. The number of anilines is 1. The molecule has 2 amide bonds. The van der Waals surface area contributed by atoms with Crippen LogP contribution in [0.3, 0.4) is 0 Å². The predicted octanol–water partition coefficient (Wildman–Crippen LogP) is 6.40. The molecule has 0 bridgehead atoms. The molecule has 0 radical (unpaired) electrons. The van der Waals surface area contributed by atoms with Crippen molar-refractivity contribution >= 4 is 62.3 Å². The van der Waals surface area contributed by atoms with Crippen molar-refractivity contribution in [1.82, 2.24) is 10.2 Å². The van der Waals surface area contributed by atoms with Gasteiger partial charge in [-0.2, -0.15) is 0 Å². The maximum absolute atomic E-state index is 14.0. The quantitative estimate of drug-likeness (QED) is 0.267. The molecule has 0 aliphatic heterocycles. The number of rotatable bonds is 11. The number of halogens is 3. The Morgan fingerprint density at radius 1 is 0.925 bits per heavy atom. The van der Waals surface area contributed by atoms with E-state index in [4.69, 9.17) is 34.8 Å². The first-order valence-electron chi connectivity index (χ1n) is 12.7. The molecule has 0 heterocycles. The number of nitrogens with one attached hydrogen (secondary N) is 1. The van der Waals surface area contributed by atoms with Gasteiger partial charge in [-0.3, -0.25) is 13.9 Å². The van der Waals surface area contributed by atoms with E-state index in [-0.39, 0.29) is 23.0 Å². The van der Waals surface area contributed by atoms with Crippen LogP contribution in [-0.2, 0) is 26.2 Å². The zero-order valence-corrected chi connectivity index (χ0v) is 25.8. The molecule has 40 heavy (non-hydrogen) atoms. The molecule has 3 aromatic rings. The maximum atomic E-state index is 14.0. The molecule has 214 valence electrons. The summed E-state index contributed by atoms with van der Waals surface area (Å²) in [6.07, 6.45) is 0.708. The highest BCUT2D eigenvalue weighted by molar-refractivity contribution is 7.92. The molecule has 11 heteroatoms. The second-order valence-electron chi connectivity index (χ2n) is 9.45. The largest absolute Gasteiger partial charge is 0.354 e. The van der Waals surface area contributed by atoms with Crippen molar-refractivity contribution in [2.24, 2.45) is 0 Å². The summed E-state index contributed by atoms with van der Waals surface area (Å²) < 4.78 is 28.8. The van der Waals surface area contributed by atoms with Crippen LogP contribution in [0.4, 0.5) is 5.69 Å². The van der Waals surface area contributed by atoms with Gasteiger partial charge in [0.2, 0.25) is 11.8 Å². The first kappa shape index (κ1) is 31.7. The average Bonchev–Trinajstić information content (AvgIpc) is 2.91. The lowest BCUT2D eigenvalue weighted by Gasteiger charge is -2.32. The van der Waals surface area contributed by atoms with Crippen molar-refractivity contribution in [3.63, 3.8) is 0 Å². The van der Waals surface area contributed by atoms with Crippen molar-refractivity contribution in [1.29, 1.82) is 0 Å². The summed E-state index contributed by atoms with van der Waals surface area (Å²) in [4.78, 5) is 28.2. The molecule has 0 aromatic heterocycles. The number of nitrogens with zero attached hydrogens (tertiary/aromatic N) is 2. The first-order chi connectivity index (χ1) is 18.9. The van der Waals surface area contributed by atoms with Crippen molar-refractivity contribution in [3.05, 3.63) is 92.4 Å². The number of hydrogen-bond acceptors (Lipinski definition) is 4. The smallest absolute Gasteiger partial charge is 0.264 e. The van der Waals surface area contributed by atoms with Crippen LogP contribution in [0.1, 0.15) is 37.0 Å². The lowest BCUT2D eigenvalue weighted by molar-refractivity contribution is -0.139. The van der Waals surface area contributed by atoms with E-state index in [0.717, 1.165) is 15.4 Å². The van der Waals surface area contributed by atoms with Gasteiger partial charge in [0.1, 0.15) is 12.6 Å². The van der Waals surface area contributed by atoms with Crippen molar-refractivity contribution in [2.75, 3.05) is 17.4 Å². The fourth-order valence-electron chi connectivity index (χ4n) is 3.94. The highest BCUT2D eigenvalue weighted by atomic mass is 35.5. The number of carbonyl (C=O) groups excluding carboxylic acids is 2. The summed E-state index contributed by atoms with van der Waals surface area (Å²) in [6.45, 7) is 6.86. The summed E-state index contributed by atoms with van der Waals surface area (Å²) in [7, 11) is -4.20. The van der Waals surface area contributed by atoms with E-state index < -0.39 is 28.5 Å². The topological polar surface area (TPSA) is 86.8 Å². The Bertz CT molecular complexity index is 1460. The standard InChI is InChI=1S/C29H32Cl3N3O4S/c1-5-15-33-29(37)21(4)34(17-24-25(30)7-6-8-26(24)31)28(36)18-35(22-12-11-20(3)27(32)16-22)40(38,39)23-13-9-19(2)10-14-23/h6-14,16,21H,5,15,17-18H2,1-4H3,(H,33,37). The van der Waals surface area contributed by atoms with Crippen LogP contribution < -0.4 is 9.62 Å². The highest BCUT2D eigenvalue weighted by Gasteiger charge is 2.33. The van der Waals surface area contributed by atoms with Gasteiger partial charge < -0.3 is 10.2 Å². The molecule has 0 spiro atoms. The summed E-state index contributed by atoms with van der Waals surface area (Å²) in [5, 5.41) is 3.78. The van der Waals surface area contributed by atoms with Crippen LogP contribution in [0.15, 0.2) is 65.6 Å². The zero-order valence-electron chi connectivity index (χ0n) is 22.7. The second kappa shape index (κ2) is 13.7. The van der Waals surface area contributed by atoms with Gasteiger partial charge in [0, 0.05) is 33.7 Å². The van der Waals surface area contributed by atoms with E-state index in [2.05, 4.69) is 5.32 Å². The molecule has 1 atom stereocenters. The van der Waals surface area contributed by atoms with Gasteiger partial charge in [0.15, 0.2) is 0 Å².